The second kappa shape index (κ2) is 6.74. The first-order valence-corrected chi connectivity index (χ1v) is 2.58. The lowest BCUT2D eigenvalue weighted by Gasteiger charge is -1.95. The van der Waals surface area contributed by atoms with Gasteiger partial charge in [-0.3, -0.25) is 16.1 Å². The van der Waals surface area contributed by atoms with Gasteiger partial charge in [0.2, 0.25) is 0 Å². The van der Waals surface area contributed by atoms with Gasteiger partial charge in [-0.15, -0.1) is 0 Å². The number of hydrogen-bond acceptors (Lipinski definition) is 2. The van der Waals surface area contributed by atoms with Crippen LogP contribution in [-0.2, 0) is 0 Å². The largest absolute Gasteiger partial charge is 0.370 e. The van der Waals surface area contributed by atoms with Gasteiger partial charge in [0.05, 0.1) is 0 Å². The van der Waals surface area contributed by atoms with Crippen LogP contribution in [0, 0.1) is 10.8 Å². The van der Waals surface area contributed by atoms with Crippen LogP contribution in [0.5, 0.6) is 0 Å². The molecule has 0 aromatic rings. The molecular formula is C4H13N5. The third kappa shape index (κ3) is 20.2. The Kier molecular flexibility index (Phi) is 7.99. The van der Waals surface area contributed by atoms with Gasteiger partial charge in [-0.05, 0) is 0 Å². The molecule has 0 saturated heterocycles. The number of nitrogens with two attached hydrogens (primary N) is 2. The normalized spacial score (nSPS) is 6.44. The van der Waals surface area contributed by atoms with Crippen LogP contribution in [0.3, 0.4) is 0 Å². The molecule has 9 heavy (non-hydrogen) atoms. The van der Waals surface area contributed by atoms with E-state index in [-0.39, 0.29) is 11.9 Å². The van der Waals surface area contributed by atoms with Gasteiger partial charge in [-0.2, -0.15) is 0 Å². The predicted molar refractivity (Wildman–Crippen MR) is 38.3 cm³/mol. The summed E-state index contributed by atoms with van der Waals surface area (Å²) in [6.45, 7) is 4.00. The standard InChI is InChI=1S/C2H7N5.C2H6/c3-1(4)7-2(5)6;1-2/h(H7,3,4,5,6,7);1-2H3. The molecule has 54 valence electrons. The summed E-state index contributed by atoms with van der Waals surface area (Å²) in [5, 5.41) is 15.0. The van der Waals surface area contributed by atoms with E-state index in [0.717, 1.165) is 0 Å². The molecule has 0 heterocycles. The van der Waals surface area contributed by atoms with Crippen LogP contribution in [0.15, 0.2) is 0 Å². The Hall–Kier alpha value is -1.26. The van der Waals surface area contributed by atoms with Crippen molar-refractivity contribution in [3.05, 3.63) is 0 Å². The number of hydrogen-bond donors (Lipinski definition) is 5. The Labute approximate surface area is 54.4 Å². The summed E-state index contributed by atoms with van der Waals surface area (Å²) < 4.78 is 0. The fourth-order valence-corrected chi connectivity index (χ4v) is 0.145. The lowest BCUT2D eigenvalue weighted by molar-refractivity contribution is 1.19. The zero-order valence-corrected chi connectivity index (χ0v) is 5.65. The van der Waals surface area contributed by atoms with Crippen LogP contribution in [0.25, 0.3) is 0 Å². The Morgan fingerprint density at radius 1 is 1.11 bits per heavy atom. The quantitative estimate of drug-likeness (QED) is 0.223. The van der Waals surface area contributed by atoms with Crippen LogP contribution in [0.2, 0.25) is 0 Å². The maximum Gasteiger partial charge on any atom is 0.192 e. The summed E-state index contributed by atoms with van der Waals surface area (Å²) in [6.07, 6.45) is 0. The predicted octanol–water partition coefficient (Wildman–Crippen LogP) is -0.611. The fraction of sp³-hybridized carbons (Fsp3) is 0.500. The van der Waals surface area contributed by atoms with Crippen LogP contribution < -0.4 is 16.8 Å². The van der Waals surface area contributed by atoms with Crippen molar-refractivity contribution in [3.63, 3.8) is 0 Å². The minimum absolute atomic E-state index is 0.312. The molecule has 0 amide bonds. The molecule has 0 bridgehead atoms. The maximum absolute atomic E-state index is 6.47. The van der Waals surface area contributed by atoms with E-state index in [1.165, 1.54) is 0 Å². The maximum atomic E-state index is 6.47. The van der Waals surface area contributed by atoms with Crippen molar-refractivity contribution in [1.29, 1.82) is 10.8 Å². The highest BCUT2D eigenvalue weighted by atomic mass is 15.1. The van der Waals surface area contributed by atoms with Crippen molar-refractivity contribution in [2.24, 2.45) is 11.5 Å². The third-order valence-electron chi connectivity index (χ3n) is 0.269. The van der Waals surface area contributed by atoms with E-state index in [4.69, 9.17) is 22.3 Å². The van der Waals surface area contributed by atoms with Gasteiger partial charge in [0.25, 0.3) is 0 Å². The molecular weight excluding hydrogens is 118 g/mol. The highest BCUT2D eigenvalue weighted by Gasteiger charge is 1.83. The SMILES string of the molecule is CC.N=C(N)NC(=N)N. The van der Waals surface area contributed by atoms with Crippen LogP contribution >= 0.6 is 0 Å². The molecule has 7 N–H and O–H groups in total. The summed E-state index contributed by atoms with van der Waals surface area (Å²) >= 11 is 0. The number of nitrogens with one attached hydrogen (secondary N) is 3. The van der Waals surface area contributed by atoms with Gasteiger partial charge in [-0.1, -0.05) is 13.8 Å². The molecule has 0 radical (unpaired) electrons. The average Bonchev–Trinajstić information content (AvgIpc) is 1.68. The summed E-state index contributed by atoms with van der Waals surface area (Å²) in [5.41, 5.74) is 9.49. The van der Waals surface area contributed by atoms with Crippen molar-refractivity contribution in [3.8, 4) is 0 Å². The molecule has 0 aromatic heterocycles. The van der Waals surface area contributed by atoms with E-state index in [9.17, 15) is 0 Å². The van der Waals surface area contributed by atoms with E-state index in [1.807, 2.05) is 19.2 Å². The Morgan fingerprint density at radius 2 is 1.33 bits per heavy atom. The fourth-order valence-electron chi connectivity index (χ4n) is 0.145. The van der Waals surface area contributed by atoms with E-state index in [1.54, 1.807) is 0 Å². The summed E-state index contributed by atoms with van der Waals surface area (Å²) in [5.74, 6) is -0.625. The van der Waals surface area contributed by atoms with Crippen LogP contribution in [0.4, 0.5) is 0 Å². The topological polar surface area (TPSA) is 112 Å². The molecule has 0 rings (SSSR count). The first-order chi connectivity index (χ1) is 4.13. The molecule has 0 aromatic carbocycles. The molecule has 0 saturated carbocycles. The van der Waals surface area contributed by atoms with Crippen molar-refractivity contribution in [2.45, 2.75) is 13.8 Å². The van der Waals surface area contributed by atoms with Gasteiger partial charge < -0.3 is 11.5 Å². The number of guanidine groups is 2. The zero-order valence-electron chi connectivity index (χ0n) is 5.65. The minimum Gasteiger partial charge on any atom is -0.370 e. The highest BCUT2D eigenvalue weighted by molar-refractivity contribution is 5.93. The van der Waals surface area contributed by atoms with E-state index in [0.29, 0.717) is 0 Å². The van der Waals surface area contributed by atoms with Gasteiger partial charge in [-0.25, -0.2) is 0 Å². The lowest BCUT2D eigenvalue weighted by atomic mass is 10.9. The van der Waals surface area contributed by atoms with E-state index < -0.39 is 0 Å². The van der Waals surface area contributed by atoms with Crippen LogP contribution in [-0.4, -0.2) is 11.9 Å². The molecule has 5 nitrogen and oxygen atoms in total. The summed E-state index contributed by atoms with van der Waals surface area (Å²) in [4.78, 5) is 0. The van der Waals surface area contributed by atoms with Gasteiger partial charge in [0.15, 0.2) is 11.9 Å². The number of rotatable bonds is 0. The zero-order chi connectivity index (χ0) is 7.86. The van der Waals surface area contributed by atoms with Crippen molar-refractivity contribution in [1.82, 2.24) is 5.32 Å². The molecule has 0 aliphatic carbocycles. The molecule has 0 aliphatic heterocycles. The van der Waals surface area contributed by atoms with Crippen molar-refractivity contribution >= 4 is 11.9 Å². The van der Waals surface area contributed by atoms with Crippen LogP contribution in [0.1, 0.15) is 13.8 Å². The first-order valence-electron chi connectivity index (χ1n) is 2.58. The second-order valence-corrected chi connectivity index (χ2v) is 0.952. The minimum atomic E-state index is -0.312. The Bertz CT molecular complexity index is 85.1. The van der Waals surface area contributed by atoms with Gasteiger partial charge in [0.1, 0.15) is 0 Å². The molecule has 0 fully saturated rings. The molecule has 0 spiro atoms. The van der Waals surface area contributed by atoms with E-state index in [2.05, 4.69) is 0 Å². The first kappa shape index (κ1) is 10.7. The van der Waals surface area contributed by atoms with Gasteiger partial charge in [0, 0.05) is 0 Å². The summed E-state index contributed by atoms with van der Waals surface area (Å²) in [6, 6.07) is 0. The highest BCUT2D eigenvalue weighted by Crippen LogP contribution is 1.44. The molecule has 5 heteroatoms. The van der Waals surface area contributed by atoms with Gasteiger partial charge >= 0.3 is 0 Å². The monoisotopic (exact) mass is 131 g/mol. The molecule has 0 unspecified atom stereocenters. The lowest BCUT2D eigenvalue weighted by Crippen LogP contribution is -2.39. The molecule has 0 atom stereocenters. The average molecular weight is 131 g/mol. The Morgan fingerprint density at radius 3 is 1.33 bits per heavy atom. The van der Waals surface area contributed by atoms with E-state index >= 15 is 0 Å². The summed E-state index contributed by atoms with van der Waals surface area (Å²) in [7, 11) is 0. The molecule has 0 aliphatic rings. The third-order valence-corrected chi connectivity index (χ3v) is 0.269. The van der Waals surface area contributed by atoms with Crippen molar-refractivity contribution in [2.75, 3.05) is 0 Å². The smallest absolute Gasteiger partial charge is 0.192 e. The van der Waals surface area contributed by atoms with Crippen molar-refractivity contribution < 1.29 is 0 Å². The Balaban J connectivity index is 0. The second-order valence-electron chi connectivity index (χ2n) is 0.952.